The van der Waals surface area contributed by atoms with Crippen LogP contribution in [0.4, 0.5) is 0 Å². The number of nitrogens with zero attached hydrogens (tertiary/aromatic N) is 6. The molecule has 152 valence electrons. The van der Waals surface area contributed by atoms with Crippen molar-refractivity contribution in [3.8, 4) is 17.2 Å². The highest BCUT2D eigenvalue weighted by atomic mass is 15.2. The van der Waals surface area contributed by atoms with E-state index in [1.54, 1.807) is 10.9 Å². The number of H-pyrrole nitrogens is 1. The molecule has 1 aliphatic rings. The summed E-state index contributed by atoms with van der Waals surface area (Å²) in [5, 5.41) is 16.2. The maximum atomic E-state index is 9.77. The number of fused-ring (bicyclic) bond motifs is 3. The molecule has 0 saturated carbocycles. The van der Waals surface area contributed by atoms with Crippen LogP contribution < -0.4 is 0 Å². The first-order chi connectivity index (χ1) is 14.7. The molecule has 1 fully saturated rings. The molecule has 0 radical (unpaired) electrons. The zero-order valence-electron chi connectivity index (χ0n) is 17.4. The van der Waals surface area contributed by atoms with E-state index in [1.807, 2.05) is 25.6 Å². The van der Waals surface area contributed by atoms with Crippen molar-refractivity contribution in [2.24, 2.45) is 13.0 Å². The van der Waals surface area contributed by atoms with E-state index >= 15 is 0 Å². The van der Waals surface area contributed by atoms with E-state index < -0.39 is 0 Å². The van der Waals surface area contributed by atoms with Gasteiger partial charge >= 0.3 is 0 Å². The molecule has 0 spiro atoms. The van der Waals surface area contributed by atoms with Crippen LogP contribution in [-0.2, 0) is 13.5 Å². The fraction of sp³-hybridized carbons (Fsp3) is 0.391. The standard InChI is InChI=1S/C23H25N7/c1-3-30-6-4-15(5-7-30)8-18-20(10-24)25-13-21-22(18)19-9-16(11-26-23(19)28-21)17-12-27-29(2)14-17/h9,11-15H,3-8H2,1-2H3,(H,26,28). The van der Waals surface area contributed by atoms with Crippen LogP contribution in [0.3, 0.4) is 0 Å². The Morgan fingerprint density at radius 3 is 2.70 bits per heavy atom. The van der Waals surface area contributed by atoms with E-state index in [2.05, 4.69) is 44.0 Å². The second-order valence-corrected chi connectivity index (χ2v) is 8.22. The molecule has 30 heavy (non-hydrogen) atoms. The molecule has 0 bridgehead atoms. The third-order valence-corrected chi connectivity index (χ3v) is 6.38. The van der Waals surface area contributed by atoms with E-state index in [9.17, 15) is 5.26 Å². The minimum Gasteiger partial charge on any atom is -0.338 e. The molecule has 0 unspecified atom stereocenters. The quantitative estimate of drug-likeness (QED) is 0.566. The minimum absolute atomic E-state index is 0.535. The summed E-state index contributed by atoms with van der Waals surface area (Å²) in [5.41, 5.74) is 5.42. The first-order valence-corrected chi connectivity index (χ1v) is 10.6. The number of nitriles is 1. The average molecular weight is 400 g/mol. The van der Waals surface area contributed by atoms with Gasteiger partial charge in [-0.1, -0.05) is 6.92 Å². The molecule has 1 saturated heterocycles. The highest BCUT2D eigenvalue weighted by Gasteiger charge is 2.23. The zero-order chi connectivity index (χ0) is 20.7. The number of piperidine rings is 1. The van der Waals surface area contributed by atoms with Crippen LogP contribution in [0.25, 0.3) is 33.1 Å². The van der Waals surface area contributed by atoms with Crippen molar-refractivity contribution in [2.45, 2.75) is 26.2 Å². The Morgan fingerprint density at radius 2 is 2.00 bits per heavy atom. The van der Waals surface area contributed by atoms with Crippen molar-refractivity contribution >= 4 is 21.9 Å². The number of likely N-dealkylation sites (tertiary alicyclic amines) is 1. The summed E-state index contributed by atoms with van der Waals surface area (Å²) in [4.78, 5) is 15.0. The summed E-state index contributed by atoms with van der Waals surface area (Å²) < 4.78 is 1.79. The van der Waals surface area contributed by atoms with Crippen molar-refractivity contribution < 1.29 is 0 Å². The lowest BCUT2D eigenvalue weighted by Crippen LogP contribution is -2.34. The predicted octanol–water partition coefficient (Wildman–Crippen LogP) is 3.66. The van der Waals surface area contributed by atoms with Gasteiger partial charge in [0.15, 0.2) is 0 Å². The Hall–Kier alpha value is -3.24. The molecule has 4 aromatic heterocycles. The van der Waals surface area contributed by atoms with Gasteiger partial charge in [0.1, 0.15) is 17.4 Å². The maximum absolute atomic E-state index is 9.77. The number of hydrogen-bond donors (Lipinski definition) is 1. The molecule has 0 atom stereocenters. The number of pyridine rings is 2. The fourth-order valence-corrected chi connectivity index (χ4v) is 4.66. The molecule has 1 aliphatic heterocycles. The SMILES string of the molecule is CCN1CCC(Cc2c(C#N)ncc3[nH]c4ncc(-c5cnn(C)c5)cc4c23)CC1. The summed E-state index contributed by atoms with van der Waals surface area (Å²) in [6, 6.07) is 4.49. The number of nitrogens with one attached hydrogen (secondary N) is 1. The molecule has 0 aliphatic carbocycles. The number of aromatic amines is 1. The molecule has 1 N–H and O–H groups in total. The monoisotopic (exact) mass is 399 g/mol. The van der Waals surface area contributed by atoms with Crippen molar-refractivity contribution in [3.05, 3.63) is 42.1 Å². The highest BCUT2D eigenvalue weighted by Crippen LogP contribution is 2.34. The topological polar surface area (TPSA) is 86.4 Å². The van der Waals surface area contributed by atoms with Crippen LogP contribution in [0.1, 0.15) is 31.0 Å². The molecule has 5 heterocycles. The predicted molar refractivity (Wildman–Crippen MR) is 117 cm³/mol. The van der Waals surface area contributed by atoms with Gasteiger partial charge in [-0.25, -0.2) is 9.97 Å². The largest absolute Gasteiger partial charge is 0.338 e. The van der Waals surface area contributed by atoms with Crippen LogP contribution in [0.5, 0.6) is 0 Å². The van der Waals surface area contributed by atoms with E-state index in [1.165, 1.54) is 0 Å². The van der Waals surface area contributed by atoms with Crippen LogP contribution in [0.15, 0.2) is 30.9 Å². The summed E-state index contributed by atoms with van der Waals surface area (Å²) in [6.07, 6.45) is 10.7. The lowest BCUT2D eigenvalue weighted by Gasteiger charge is -2.31. The maximum Gasteiger partial charge on any atom is 0.144 e. The molecule has 4 aromatic rings. The molecular weight excluding hydrogens is 374 g/mol. The van der Waals surface area contributed by atoms with E-state index in [0.29, 0.717) is 11.6 Å². The summed E-state index contributed by atoms with van der Waals surface area (Å²) in [6.45, 7) is 5.59. The van der Waals surface area contributed by atoms with Crippen LogP contribution in [0, 0.1) is 17.2 Å². The fourth-order valence-electron chi connectivity index (χ4n) is 4.66. The first kappa shape index (κ1) is 18.8. The highest BCUT2D eigenvalue weighted by molar-refractivity contribution is 6.09. The minimum atomic E-state index is 0.535. The van der Waals surface area contributed by atoms with Crippen LogP contribution in [0.2, 0.25) is 0 Å². The van der Waals surface area contributed by atoms with Gasteiger partial charge in [0.2, 0.25) is 0 Å². The van der Waals surface area contributed by atoms with Gasteiger partial charge in [0, 0.05) is 41.3 Å². The van der Waals surface area contributed by atoms with Crippen LogP contribution >= 0.6 is 0 Å². The van der Waals surface area contributed by atoms with E-state index in [4.69, 9.17) is 0 Å². The third-order valence-electron chi connectivity index (χ3n) is 6.38. The Kier molecular flexibility index (Phi) is 4.72. The molecule has 5 rings (SSSR count). The van der Waals surface area contributed by atoms with Crippen molar-refractivity contribution in [2.75, 3.05) is 19.6 Å². The van der Waals surface area contributed by atoms with Gasteiger partial charge < -0.3 is 9.88 Å². The third kappa shape index (κ3) is 3.23. The van der Waals surface area contributed by atoms with Gasteiger partial charge in [-0.2, -0.15) is 10.4 Å². The summed E-state index contributed by atoms with van der Waals surface area (Å²) in [5.74, 6) is 0.576. The molecule has 0 aromatic carbocycles. The second kappa shape index (κ2) is 7.54. The Bertz CT molecular complexity index is 1250. The van der Waals surface area contributed by atoms with Gasteiger partial charge in [-0.05, 0) is 56.4 Å². The number of aryl methyl sites for hydroxylation is 1. The smallest absolute Gasteiger partial charge is 0.144 e. The first-order valence-electron chi connectivity index (χ1n) is 10.6. The zero-order valence-corrected chi connectivity index (χ0v) is 17.4. The molecule has 7 nitrogen and oxygen atoms in total. The molecule has 0 amide bonds. The lowest BCUT2D eigenvalue weighted by molar-refractivity contribution is 0.192. The van der Waals surface area contributed by atoms with E-state index in [-0.39, 0.29) is 0 Å². The Labute approximate surface area is 175 Å². The summed E-state index contributed by atoms with van der Waals surface area (Å²) in [7, 11) is 1.91. The van der Waals surface area contributed by atoms with Gasteiger partial charge in [-0.3, -0.25) is 4.68 Å². The van der Waals surface area contributed by atoms with Crippen molar-refractivity contribution in [1.29, 1.82) is 5.26 Å². The Balaban J connectivity index is 1.61. The normalized spacial score (nSPS) is 15.8. The molecular formula is C23H25N7. The molecule has 7 heteroatoms. The van der Waals surface area contributed by atoms with Gasteiger partial charge in [0.25, 0.3) is 0 Å². The summed E-state index contributed by atoms with van der Waals surface area (Å²) >= 11 is 0. The number of hydrogen-bond acceptors (Lipinski definition) is 5. The van der Waals surface area contributed by atoms with Crippen LogP contribution in [-0.4, -0.2) is 49.3 Å². The van der Waals surface area contributed by atoms with Gasteiger partial charge in [0.05, 0.1) is 17.9 Å². The number of rotatable bonds is 4. The van der Waals surface area contributed by atoms with Crippen molar-refractivity contribution in [1.82, 2.24) is 29.6 Å². The Morgan fingerprint density at radius 1 is 1.17 bits per heavy atom. The van der Waals surface area contributed by atoms with Crippen molar-refractivity contribution in [3.63, 3.8) is 0 Å². The van der Waals surface area contributed by atoms with E-state index in [0.717, 1.165) is 77.5 Å². The lowest BCUT2D eigenvalue weighted by atomic mass is 9.88. The number of aromatic nitrogens is 5. The average Bonchev–Trinajstić information content (AvgIpc) is 3.37. The van der Waals surface area contributed by atoms with Gasteiger partial charge in [-0.15, -0.1) is 0 Å². The second-order valence-electron chi connectivity index (χ2n) is 8.22.